The second-order valence-corrected chi connectivity index (χ2v) is 7.34. The highest BCUT2D eigenvalue weighted by atomic mass is 35.5. The topological polar surface area (TPSA) is 62.6 Å². The fraction of sp³-hybridized carbons (Fsp3) is 0.286. The fourth-order valence-electron chi connectivity index (χ4n) is 1.74. The van der Waals surface area contributed by atoms with Crippen LogP contribution in [0.2, 0.25) is 5.02 Å². The lowest BCUT2D eigenvalue weighted by Gasteiger charge is -2.09. The van der Waals surface area contributed by atoms with Crippen molar-refractivity contribution in [3.63, 3.8) is 0 Å². The van der Waals surface area contributed by atoms with Crippen molar-refractivity contribution in [2.75, 3.05) is 19.4 Å². The lowest BCUT2D eigenvalue weighted by Crippen LogP contribution is -2.21. The molecule has 1 heterocycles. The van der Waals surface area contributed by atoms with Gasteiger partial charge in [0.2, 0.25) is 5.09 Å². The summed E-state index contributed by atoms with van der Waals surface area (Å²) >= 11 is 5.95. The molecule has 21 heavy (non-hydrogen) atoms. The van der Waals surface area contributed by atoms with Crippen LogP contribution in [0.25, 0.3) is 0 Å². The molecule has 0 radical (unpaired) electrons. The molecule has 0 unspecified atom stereocenters. The Morgan fingerprint density at radius 3 is 2.62 bits per heavy atom. The smallest absolute Gasteiger partial charge is 0.275 e. The minimum absolute atomic E-state index is 0.0629. The first-order chi connectivity index (χ1) is 9.80. The van der Waals surface area contributed by atoms with Gasteiger partial charge in [-0.25, -0.2) is 12.7 Å². The van der Waals surface area contributed by atoms with Crippen LogP contribution in [0.4, 0.5) is 5.69 Å². The fourth-order valence-corrected chi connectivity index (χ4v) is 2.72. The third kappa shape index (κ3) is 3.58. The standard InChI is InChI=1S/C14H17ClN2O3S/c1-10-4-5-11(15)8-13(10)16-9-12-6-7-14(20-12)21(18,19)17(2)3/h4-8,16H,9H2,1-3H3. The van der Waals surface area contributed by atoms with Gasteiger partial charge in [0.05, 0.1) is 6.54 Å². The van der Waals surface area contributed by atoms with Gasteiger partial charge in [-0.2, -0.15) is 0 Å². The first-order valence-electron chi connectivity index (χ1n) is 6.32. The number of furan rings is 1. The maximum Gasteiger partial charge on any atom is 0.275 e. The summed E-state index contributed by atoms with van der Waals surface area (Å²) in [5.74, 6) is 0.537. The molecule has 2 rings (SSSR count). The van der Waals surface area contributed by atoms with Gasteiger partial charge in [-0.3, -0.25) is 0 Å². The van der Waals surface area contributed by atoms with E-state index in [0.717, 1.165) is 15.6 Å². The number of nitrogens with zero attached hydrogens (tertiary/aromatic N) is 1. The van der Waals surface area contributed by atoms with Gasteiger partial charge in [-0.05, 0) is 36.8 Å². The molecule has 0 saturated heterocycles. The third-order valence-corrected chi connectivity index (χ3v) is 4.95. The van der Waals surface area contributed by atoms with E-state index in [-0.39, 0.29) is 5.09 Å². The molecule has 0 aliphatic heterocycles. The van der Waals surface area contributed by atoms with Gasteiger partial charge in [0, 0.05) is 24.8 Å². The predicted octanol–water partition coefficient (Wildman–Crippen LogP) is 3.10. The average Bonchev–Trinajstić information content (AvgIpc) is 2.89. The number of aryl methyl sites for hydroxylation is 1. The van der Waals surface area contributed by atoms with Crippen LogP contribution < -0.4 is 5.32 Å². The molecule has 0 spiro atoms. The number of rotatable bonds is 5. The highest BCUT2D eigenvalue weighted by Crippen LogP contribution is 2.22. The van der Waals surface area contributed by atoms with Crippen LogP contribution >= 0.6 is 11.6 Å². The predicted molar refractivity (Wildman–Crippen MR) is 83.1 cm³/mol. The molecule has 0 saturated carbocycles. The zero-order valence-electron chi connectivity index (χ0n) is 12.1. The molecule has 114 valence electrons. The molecule has 0 atom stereocenters. The second-order valence-electron chi connectivity index (χ2n) is 4.82. The van der Waals surface area contributed by atoms with Crippen LogP contribution in [0, 0.1) is 6.92 Å². The summed E-state index contributed by atoms with van der Waals surface area (Å²) in [6.45, 7) is 2.34. The highest BCUT2D eigenvalue weighted by molar-refractivity contribution is 7.88. The summed E-state index contributed by atoms with van der Waals surface area (Å²) in [5, 5.41) is 3.75. The Bertz CT molecular complexity index is 738. The normalized spacial score (nSPS) is 11.9. The minimum Gasteiger partial charge on any atom is -0.446 e. The first kappa shape index (κ1) is 15.9. The van der Waals surface area contributed by atoms with Crippen LogP contribution in [0.3, 0.4) is 0 Å². The number of nitrogens with one attached hydrogen (secondary N) is 1. The van der Waals surface area contributed by atoms with Crippen LogP contribution in [0.1, 0.15) is 11.3 Å². The Labute approximate surface area is 129 Å². The number of sulfonamides is 1. The summed E-state index contributed by atoms with van der Waals surface area (Å²) in [6.07, 6.45) is 0. The van der Waals surface area contributed by atoms with E-state index in [9.17, 15) is 8.42 Å². The number of hydrogen-bond donors (Lipinski definition) is 1. The summed E-state index contributed by atoms with van der Waals surface area (Å²) in [6, 6.07) is 8.64. The van der Waals surface area contributed by atoms with Gasteiger partial charge < -0.3 is 9.73 Å². The van der Waals surface area contributed by atoms with Gasteiger partial charge in [0.25, 0.3) is 10.0 Å². The zero-order chi connectivity index (χ0) is 15.6. The van der Waals surface area contributed by atoms with Crippen molar-refractivity contribution in [2.24, 2.45) is 0 Å². The van der Waals surface area contributed by atoms with Crippen LogP contribution in [0.5, 0.6) is 0 Å². The van der Waals surface area contributed by atoms with Crippen LogP contribution in [-0.2, 0) is 16.6 Å². The van der Waals surface area contributed by atoms with Crippen molar-refractivity contribution < 1.29 is 12.8 Å². The van der Waals surface area contributed by atoms with Crippen molar-refractivity contribution in [3.05, 3.63) is 46.7 Å². The lowest BCUT2D eigenvalue weighted by atomic mass is 10.2. The van der Waals surface area contributed by atoms with E-state index in [1.807, 2.05) is 25.1 Å². The Kier molecular flexibility index (Phi) is 4.61. The SMILES string of the molecule is Cc1ccc(Cl)cc1NCc1ccc(S(=O)(=O)N(C)C)o1. The van der Waals surface area contributed by atoms with Gasteiger partial charge >= 0.3 is 0 Å². The quantitative estimate of drug-likeness (QED) is 0.916. The highest BCUT2D eigenvalue weighted by Gasteiger charge is 2.21. The van der Waals surface area contributed by atoms with Gasteiger partial charge in [0.1, 0.15) is 5.76 Å². The molecule has 1 aromatic carbocycles. The van der Waals surface area contributed by atoms with Crippen LogP contribution in [0.15, 0.2) is 39.8 Å². The second kappa shape index (κ2) is 6.09. The summed E-state index contributed by atoms with van der Waals surface area (Å²) in [4.78, 5) is 0. The number of benzene rings is 1. The molecule has 2 aromatic rings. The van der Waals surface area contributed by atoms with Gasteiger partial charge in [-0.1, -0.05) is 17.7 Å². The largest absolute Gasteiger partial charge is 0.446 e. The van der Waals surface area contributed by atoms with Crippen LogP contribution in [-0.4, -0.2) is 26.8 Å². The van der Waals surface area contributed by atoms with E-state index < -0.39 is 10.0 Å². The zero-order valence-corrected chi connectivity index (χ0v) is 13.6. The van der Waals surface area contributed by atoms with Crippen molar-refractivity contribution in [1.29, 1.82) is 0 Å². The molecule has 0 amide bonds. The Hall–Kier alpha value is -1.50. The Morgan fingerprint density at radius 2 is 1.95 bits per heavy atom. The number of halogens is 1. The first-order valence-corrected chi connectivity index (χ1v) is 8.14. The number of anilines is 1. The van der Waals surface area contributed by atoms with Crippen molar-refractivity contribution in [3.8, 4) is 0 Å². The minimum atomic E-state index is -3.54. The maximum atomic E-state index is 11.9. The van der Waals surface area contributed by atoms with E-state index in [1.54, 1.807) is 6.07 Å². The molecular weight excluding hydrogens is 312 g/mol. The van der Waals surface area contributed by atoms with Crippen molar-refractivity contribution in [2.45, 2.75) is 18.6 Å². The molecule has 1 N–H and O–H groups in total. The van der Waals surface area contributed by atoms with E-state index in [1.165, 1.54) is 20.2 Å². The summed E-state index contributed by atoms with van der Waals surface area (Å²) in [7, 11) is -0.609. The van der Waals surface area contributed by atoms with Crippen molar-refractivity contribution >= 4 is 27.3 Å². The molecule has 0 aliphatic carbocycles. The Balaban J connectivity index is 2.12. The van der Waals surface area contributed by atoms with E-state index in [2.05, 4.69) is 5.32 Å². The van der Waals surface area contributed by atoms with E-state index in [4.69, 9.17) is 16.0 Å². The lowest BCUT2D eigenvalue weighted by molar-refractivity contribution is 0.402. The van der Waals surface area contributed by atoms with Gasteiger partial charge in [0.15, 0.2) is 0 Å². The Morgan fingerprint density at radius 1 is 1.24 bits per heavy atom. The molecular formula is C14H17ClN2O3S. The van der Waals surface area contributed by atoms with E-state index >= 15 is 0 Å². The molecule has 0 bridgehead atoms. The molecule has 7 heteroatoms. The third-order valence-electron chi connectivity index (χ3n) is 3.02. The van der Waals surface area contributed by atoms with Crippen molar-refractivity contribution in [1.82, 2.24) is 4.31 Å². The molecule has 5 nitrogen and oxygen atoms in total. The summed E-state index contributed by atoms with van der Waals surface area (Å²) < 4.78 is 30.3. The van der Waals surface area contributed by atoms with Gasteiger partial charge in [-0.15, -0.1) is 0 Å². The average molecular weight is 329 g/mol. The molecule has 0 fully saturated rings. The summed E-state index contributed by atoms with van der Waals surface area (Å²) in [5.41, 5.74) is 1.93. The maximum absolute atomic E-state index is 11.9. The molecule has 0 aliphatic rings. The van der Waals surface area contributed by atoms with E-state index in [0.29, 0.717) is 17.3 Å². The monoisotopic (exact) mass is 328 g/mol. The molecule has 1 aromatic heterocycles. The number of hydrogen-bond acceptors (Lipinski definition) is 4.